The predicted octanol–water partition coefficient (Wildman–Crippen LogP) is 2.97. The third-order valence-electron chi connectivity index (χ3n) is 5.35. The summed E-state index contributed by atoms with van der Waals surface area (Å²) in [6.07, 6.45) is 0.572. The Hall–Kier alpha value is -2.66. The van der Waals surface area contributed by atoms with E-state index >= 15 is 0 Å². The van der Waals surface area contributed by atoms with Crippen LogP contribution in [-0.4, -0.2) is 58.1 Å². The zero-order chi connectivity index (χ0) is 22.0. The van der Waals surface area contributed by atoms with Crippen LogP contribution in [0.5, 0.6) is 6.01 Å². The van der Waals surface area contributed by atoms with E-state index in [0.717, 1.165) is 12.8 Å². The Kier molecular flexibility index (Phi) is 6.42. The van der Waals surface area contributed by atoms with Crippen LogP contribution in [0.25, 0.3) is 11.4 Å². The number of morpholine rings is 1. The van der Waals surface area contributed by atoms with E-state index in [1.807, 2.05) is 18.7 Å². The highest BCUT2D eigenvalue weighted by Crippen LogP contribution is 2.34. The monoisotopic (exact) mass is 436 g/mol. The van der Waals surface area contributed by atoms with Crippen molar-refractivity contribution in [2.45, 2.75) is 57.9 Å². The molecule has 4 heterocycles. The number of nitrogens with two attached hydrogens (primary N) is 1. The second-order valence-corrected chi connectivity index (χ2v) is 7.76. The molecule has 2 N–H and O–H groups in total. The molecule has 31 heavy (non-hydrogen) atoms. The van der Waals surface area contributed by atoms with Gasteiger partial charge >= 0.3 is 6.01 Å². The Morgan fingerprint density at radius 3 is 2.61 bits per heavy atom. The van der Waals surface area contributed by atoms with E-state index < -0.39 is 12.7 Å². The summed E-state index contributed by atoms with van der Waals surface area (Å²) in [7, 11) is 0. The number of rotatable bonds is 5. The van der Waals surface area contributed by atoms with Crippen LogP contribution in [0.2, 0.25) is 0 Å². The van der Waals surface area contributed by atoms with Crippen molar-refractivity contribution < 1.29 is 23.0 Å². The van der Waals surface area contributed by atoms with Crippen molar-refractivity contribution in [1.29, 1.82) is 0 Å². The van der Waals surface area contributed by atoms with Crippen LogP contribution in [0.3, 0.4) is 0 Å². The summed E-state index contributed by atoms with van der Waals surface area (Å²) in [6.45, 7) is 5.52. The summed E-state index contributed by atoms with van der Waals surface area (Å²) in [4.78, 5) is 19.2. The summed E-state index contributed by atoms with van der Waals surface area (Å²) < 4.78 is 44.5. The van der Waals surface area contributed by atoms with E-state index in [-0.39, 0.29) is 40.9 Å². The van der Waals surface area contributed by atoms with Crippen LogP contribution in [0.1, 0.15) is 45.1 Å². The van der Waals surface area contributed by atoms with Crippen molar-refractivity contribution in [1.82, 2.24) is 19.9 Å². The van der Waals surface area contributed by atoms with Gasteiger partial charge in [0.05, 0.1) is 37.5 Å². The first-order valence-corrected chi connectivity index (χ1v) is 10.4. The molecule has 2 aromatic heterocycles. The van der Waals surface area contributed by atoms with Crippen molar-refractivity contribution in [2.75, 3.05) is 30.5 Å². The molecule has 0 saturated carbocycles. The van der Waals surface area contributed by atoms with Crippen LogP contribution in [0.4, 0.5) is 20.5 Å². The summed E-state index contributed by atoms with van der Waals surface area (Å²) in [6, 6.07) is 1.16. The highest BCUT2D eigenvalue weighted by atomic mass is 19.3. The van der Waals surface area contributed by atoms with Gasteiger partial charge in [0.1, 0.15) is 5.82 Å². The highest BCUT2D eigenvalue weighted by molar-refractivity contribution is 5.73. The normalized spacial score (nSPS) is 24.4. The maximum absolute atomic E-state index is 13.7. The van der Waals surface area contributed by atoms with Crippen molar-refractivity contribution in [3.8, 4) is 17.4 Å². The molecule has 9 nitrogen and oxygen atoms in total. The van der Waals surface area contributed by atoms with Crippen LogP contribution in [0, 0.1) is 0 Å². The molecule has 2 aliphatic heterocycles. The van der Waals surface area contributed by atoms with Gasteiger partial charge in [0.15, 0.2) is 5.82 Å². The van der Waals surface area contributed by atoms with Gasteiger partial charge in [0.2, 0.25) is 12.2 Å². The molecule has 2 fully saturated rings. The fourth-order valence-electron chi connectivity index (χ4n) is 3.87. The first-order valence-electron chi connectivity index (χ1n) is 10.4. The van der Waals surface area contributed by atoms with Gasteiger partial charge in [-0.2, -0.15) is 15.0 Å². The fourth-order valence-corrected chi connectivity index (χ4v) is 3.87. The molecule has 11 heteroatoms. The number of alkyl halides is 2. The quantitative estimate of drug-likeness (QED) is 0.756. The molecule has 0 radical (unpaired) electrons. The van der Waals surface area contributed by atoms with E-state index in [2.05, 4.69) is 19.9 Å². The second-order valence-electron chi connectivity index (χ2n) is 7.76. The number of ether oxygens (including phenoxy) is 3. The molecule has 0 aliphatic carbocycles. The maximum atomic E-state index is 13.7. The van der Waals surface area contributed by atoms with E-state index in [1.54, 1.807) is 0 Å². The first kappa shape index (κ1) is 21.6. The Morgan fingerprint density at radius 1 is 1.16 bits per heavy atom. The van der Waals surface area contributed by atoms with E-state index in [1.165, 1.54) is 12.3 Å². The lowest BCUT2D eigenvalue weighted by Crippen LogP contribution is -2.50. The van der Waals surface area contributed by atoms with Crippen molar-refractivity contribution >= 4 is 11.8 Å². The second kappa shape index (κ2) is 9.23. The van der Waals surface area contributed by atoms with Crippen LogP contribution >= 0.6 is 0 Å². The van der Waals surface area contributed by atoms with Crippen LogP contribution in [-0.2, 0) is 9.47 Å². The van der Waals surface area contributed by atoms with Crippen LogP contribution in [0.15, 0.2) is 12.3 Å². The molecule has 2 aliphatic rings. The molecule has 3 atom stereocenters. The zero-order valence-electron chi connectivity index (χ0n) is 17.5. The molecular weight excluding hydrogens is 410 g/mol. The van der Waals surface area contributed by atoms with Crippen molar-refractivity contribution in [3.05, 3.63) is 17.8 Å². The molecule has 0 amide bonds. The minimum absolute atomic E-state index is 0.00117. The van der Waals surface area contributed by atoms with E-state index in [0.29, 0.717) is 32.2 Å². The summed E-state index contributed by atoms with van der Waals surface area (Å²) in [5.41, 5.74) is 5.64. The molecule has 168 valence electrons. The largest absolute Gasteiger partial charge is 0.433 e. The minimum Gasteiger partial charge on any atom is -0.433 e. The van der Waals surface area contributed by atoms with Crippen molar-refractivity contribution in [2.24, 2.45) is 0 Å². The Labute approximate surface area is 179 Å². The summed E-state index contributed by atoms with van der Waals surface area (Å²) >= 11 is 0. The number of hydrogen-bond acceptors (Lipinski definition) is 9. The lowest BCUT2D eigenvalue weighted by Gasteiger charge is -2.38. The third-order valence-corrected chi connectivity index (χ3v) is 5.35. The minimum atomic E-state index is -2.77. The molecule has 4 rings (SSSR count). The topological polar surface area (TPSA) is 109 Å². The number of anilines is 2. The smallest absolute Gasteiger partial charge is 0.324 e. The van der Waals surface area contributed by atoms with Crippen molar-refractivity contribution in [3.63, 3.8) is 0 Å². The average molecular weight is 436 g/mol. The first-order chi connectivity index (χ1) is 14.9. The van der Waals surface area contributed by atoms with Gasteiger partial charge in [0, 0.05) is 18.2 Å². The Balaban J connectivity index is 1.80. The number of aromatic nitrogens is 4. The lowest BCUT2D eigenvalue weighted by atomic mass is 10.1. The van der Waals surface area contributed by atoms with Gasteiger partial charge in [-0.25, -0.2) is 13.8 Å². The lowest BCUT2D eigenvalue weighted by molar-refractivity contribution is -0.109. The van der Waals surface area contributed by atoms with Gasteiger partial charge in [-0.05, 0) is 32.8 Å². The zero-order valence-corrected chi connectivity index (χ0v) is 17.5. The summed E-state index contributed by atoms with van der Waals surface area (Å²) in [5.74, 6) is 0.211. The number of nitrogen functional groups attached to an aromatic ring is 1. The number of nitrogens with zero attached hydrogens (tertiary/aromatic N) is 5. The van der Waals surface area contributed by atoms with Crippen LogP contribution < -0.4 is 15.4 Å². The molecule has 0 bridgehead atoms. The van der Waals surface area contributed by atoms with Gasteiger partial charge in [-0.1, -0.05) is 0 Å². The fraction of sp³-hybridized carbons (Fsp3) is 0.600. The van der Waals surface area contributed by atoms with E-state index in [4.69, 9.17) is 19.9 Å². The standard InChI is InChI=1S/C20H26F2N6O3/c1-11-9-29-10-12(2)28(11)19-25-18(15-13(16(21)22)6-7-24-17(15)23)26-20(27-19)31-14-5-3-4-8-30-14/h6-7,11-12,14,16H,3-5,8-10H2,1-2H3,(H2,23,24)/t11-,12+,14?. The number of hydrogen-bond donors (Lipinski definition) is 1. The van der Waals surface area contributed by atoms with Gasteiger partial charge < -0.3 is 24.8 Å². The predicted molar refractivity (Wildman–Crippen MR) is 109 cm³/mol. The molecule has 2 saturated heterocycles. The maximum Gasteiger partial charge on any atom is 0.324 e. The Bertz CT molecular complexity index is 902. The van der Waals surface area contributed by atoms with Gasteiger partial charge in [-0.3, -0.25) is 0 Å². The molecule has 1 unspecified atom stereocenters. The van der Waals surface area contributed by atoms with Gasteiger partial charge in [0.25, 0.3) is 6.43 Å². The number of pyridine rings is 1. The third kappa shape index (κ3) is 4.67. The SMILES string of the molecule is C[C@@H]1COC[C@H](C)N1c1nc(OC2CCCCO2)nc(-c2c(C(F)F)ccnc2N)n1. The van der Waals surface area contributed by atoms with Gasteiger partial charge in [-0.15, -0.1) is 0 Å². The highest BCUT2D eigenvalue weighted by Gasteiger charge is 2.30. The molecular formula is C20H26F2N6O3. The molecule has 0 aromatic carbocycles. The molecule has 0 spiro atoms. The molecule has 2 aromatic rings. The summed E-state index contributed by atoms with van der Waals surface area (Å²) in [5, 5.41) is 0. The average Bonchev–Trinajstić information content (AvgIpc) is 2.74. The van der Waals surface area contributed by atoms with E-state index in [9.17, 15) is 8.78 Å². The Morgan fingerprint density at radius 2 is 1.94 bits per heavy atom. The number of halogens is 2.